The molecule has 9 aromatic rings. The van der Waals surface area contributed by atoms with Crippen molar-refractivity contribution in [2.45, 2.75) is 0 Å². The fourth-order valence-electron chi connectivity index (χ4n) is 9.50. The number of nitrogens with zero attached hydrogens (tertiary/aromatic N) is 10. The molecule has 0 bridgehead atoms. The lowest BCUT2D eigenvalue weighted by Crippen LogP contribution is -2.62. The fourth-order valence-corrected chi connectivity index (χ4v) is 9.50. The number of pyridine rings is 5. The molecule has 0 radical (unpaired) electrons. The second-order valence-corrected chi connectivity index (χ2v) is 15.0. The SMILES string of the molecule is c1ccc(N2c3ccncc3B3c4cc5c(nc4N(c4ccccc4)c4nccc2c43)N(c2ccccc2)c2ccnc3c2N5c2cccnc2N3c2ccccc2)cc1. The quantitative estimate of drug-likeness (QED) is 0.162. The van der Waals surface area contributed by atoms with E-state index in [9.17, 15) is 0 Å². The van der Waals surface area contributed by atoms with Crippen molar-refractivity contribution in [1.29, 1.82) is 0 Å². The summed E-state index contributed by atoms with van der Waals surface area (Å²) >= 11 is 0. The van der Waals surface area contributed by atoms with Crippen LogP contribution in [0.4, 0.5) is 86.0 Å². The van der Waals surface area contributed by atoms with Crippen molar-refractivity contribution in [3.8, 4) is 0 Å². The predicted octanol–water partition coefficient (Wildman–Crippen LogP) is 9.78. The summed E-state index contributed by atoms with van der Waals surface area (Å²) in [6.45, 7) is -0.237. The lowest BCUT2D eigenvalue weighted by Gasteiger charge is -2.47. The molecule has 11 heteroatoms. The highest BCUT2D eigenvalue weighted by Gasteiger charge is 2.48. The Kier molecular flexibility index (Phi) is 6.87. The van der Waals surface area contributed by atoms with Gasteiger partial charge in [0.2, 0.25) is 0 Å². The average Bonchev–Trinajstić information content (AvgIpc) is 3.32. The summed E-state index contributed by atoms with van der Waals surface area (Å²) in [5.41, 5.74) is 13.1. The molecule has 10 nitrogen and oxygen atoms in total. The number of hydrogen-bond acceptors (Lipinski definition) is 10. The maximum atomic E-state index is 5.85. The number of fused-ring (bicyclic) bond motifs is 8. The average molecular weight is 771 g/mol. The minimum atomic E-state index is -0.237. The van der Waals surface area contributed by atoms with Gasteiger partial charge in [-0.1, -0.05) is 72.8 Å². The van der Waals surface area contributed by atoms with E-state index in [1.165, 1.54) is 0 Å². The summed E-state index contributed by atoms with van der Waals surface area (Å²) in [4.78, 5) is 37.3. The highest BCUT2D eigenvalue weighted by molar-refractivity contribution is 7.00. The molecule has 4 aromatic carbocycles. The van der Waals surface area contributed by atoms with Gasteiger partial charge in [-0.25, -0.2) is 19.9 Å². The minimum absolute atomic E-state index is 0.237. The first kappa shape index (κ1) is 32.7. The molecule has 5 aromatic heterocycles. The molecule has 4 aliphatic heterocycles. The molecule has 60 heavy (non-hydrogen) atoms. The first-order chi connectivity index (χ1) is 29.8. The van der Waals surface area contributed by atoms with E-state index in [4.69, 9.17) is 24.9 Å². The van der Waals surface area contributed by atoms with Crippen LogP contribution in [0.15, 0.2) is 189 Å². The van der Waals surface area contributed by atoms with Crippen LogP contribution in [0.3, 0.4) is 0 Å². The van der Waals surface area contributed by atoms with Gasteiger partial charge in [0.15, 0.2) is 17.5 Å². The third-order valence-electron chi connectivity index (χ3n) is 11.9. The standard InChI is InChI=1S/C49H31BN10/c1-5-14-32(15-6-1)56-38-23-27-51-31-37(38)50-36-30-42-47(55-45(36)58(34-18-9-3-10-19-34)48-43(50)39(56)24-28-53-48)57(33-16-7-2-8-17-33)40-25-29-54-49-44(40)60(42)41-22-13-26-52-46(41)59(49)35-20-11-4-12-21-35/h1-31H. The molecule has 4 aliphatic rings. The van der Waals surface area contributed by atoms with Crippen LogP contribution in [0.25, 0.3) is 0 Å². The molecular formula is C49H31BN10. The molecular weight excluding hydrogens is 739 g/mol. The number of benzene rings is 4. The maximum Gasteiger partial charge on any atom is 0.258 e. The van der Waals surface area contributed by atoms with Crippen molar-refractivity contribution in [3.63, 3.8) is 0 Å². The Labute approximate surface area is 346 Å². The van der Waals surface area contributed by atoms with Gasteiger partial charge < -0.3 is 4.90 Å². The van der Waals surface area contributed by atoms with E-state index in [2.05, 4.69) is 158 Å². The zero-order chi connectivity index (χ0) is 39.3. The molecule has 0 fully saturated rings. The van der Waals surface area contributed by atoms with Gasteiger partial charge in [0.05, 0.1) is 17.1 Å². The molecule has 0 aliphatic carbocycles. The fraction of sp³-hybridized carbons (Fsp3) is 0. The Morgan fingerprint density at radius 1 is 0.350 bits per heavy atom. The summed E-state index contributed by atoms with van der Waals surface area (Å²) in [6, 6.07) is 54.6. The topological polar surface area (TPSA) is 80.7 Å². The number of hydrogen-bond donors (Lipinski definition) is 0. The van der Waals surface area contributed by atoms with Crippen LogP contribution in [0.1, 0.15) is 0 Å². The van der Waals surface area contributed by atoms with Crippen LogP contribution < -0.4 is 40.9 Å². The second kappa shape index (κ2) is 12.6. The van der Waals surface area contributed by atoms with Gasteiger partial charge in [0, 0.05) is 65.1 Å². The summed E-state index contributed by atoms with van der Waals surface area (Å²) in [5.74, 6) is 3.98. The third-order valence-corrected chi connectivity index (χ3v) is 11.9. The van der Waals surface area contributed by atoms with Crippen LogP contribution in [-0.2, 0) is 0 Å². The van der Waals surface area contributed by atoms with Crippen molar-refractivity contribution >= 4 is 109 Å². The first-order valence-electron chi connectivity index (χ1n) is 20.0. The van der Waals surface area contributed by atoms with Gasteiger partial charge in [-0.15, -0.1) is 0 Å². The van der Waals surface area contributed by atoms with E-state index >= 15 is 0 Å². The lowest BCUT2D eigenvalue weighted by molar-refractivity contribution is 1.02. The smallest absolute Gasteiger partial charge is 0.258 e. The van der Waals surface area contributed by atoms with E-state index in [1.807, 2.05) is 55.2 Å². The van der Waals surface area contributed by atoms with Crippen molar-refractivity contribution < 1.29 is 0 Å². The van der Waals surface area contributed by atoms with Crippen molar-refractivity contribution in [3.05, 3.63) is 189 Å². The van der Waals surface area contributed by atoms with Gasteiger partial charge in [0.25, 0.3) is 6.71 Å². The number of aromatic nitrogens is 5. The van der Waals surface area contributed by atoms with Crippen LogP contribution in [0, 0.1) is 0 Å². The number of anilines is 15. The Bertz CT molecular complexity index is 2940. The highest BCUT2D eigenvalue weighted by atomic mass is 15.4. The van der Waals surface area contributed by atoms with Crippen molar-refractivity contribution in [2.75, 3.05) is 24.5 Å². The van der Waals surface area contributed by atoms with Gasteiger partial charge in [-0.2, -0.15) is 0 Å². The summed E-state index contributed by atoms with van der Waals surface area (Å²) < 4.78 is 0. The van der Waals surface area contributed by atoms with Gasteiger partial charge in [0.1, 0.15) is 17.3 Å². The second-order valence-electron chi connectivity index (χ2n) is 15.0. The first-order valence-corrected chi connectivity index (χ1v) is 20.0. The Morgan fingerprint density at radius 2 is 0.917 bits per heavy atom. The maximum absolute atomic E-state index is 5.85. The number of para-hydroxylation sites is 4. The van der Waals surface area contributed by atoms with E-state index in [0.29, 0.717) is 0 Å². The van der Waals surface area contributed by atoms with Crippen LogP contribution in [-0.4, -0.2) is 31.6 Å². The molecule has 0 saturated heterocycles. The molecule has 0 saturated carbocycles. The van der Waals surface area contributed by atoms with Crippen molar-refractivity contribution in [1.82, 2.24) is 24.9 Å². The molecule has 0 N–H and O–H groups in total. The largest absolute Gasteiger partial charge is 0.311 e. The molecule has 13 rings (SSSR count). The van der Waals surface area contributed by atoms with Crippen molar-refractivity contribution in [2.24, 2.45) is 0 Å². The highest BCUT2D eigenvalue weighted by Crippen LogP contribution is 2.62. The molecule has 0 spiro atoms. The molecule has 0 atom stereocenters. The summed E-state index contributed by atoms with van der Waals surface area (Å²) in [5, 5.41) is 0. The lowest BCUT2D eigenvalue weighted by atomic mass is 9.34. The van der Waals surface area contributed by atoms with E-state index in [-0.39, 0.29) is 6.71 Å². The van der Waals surface area contributed by atoms with E-state index in [0.717, 1.165) is 102 Å². The third kappa shape index (κ3) is 4.51. The Balaban J connectivity index is 1.14. The zero-order valence-corrected chi connectivity index (χ0v) is 31.9. The van der Waals surface area contributed by atoms with Crippen LogP contribution >= 0.6 is 0 Å². The minimum Gasteiger partial charge on any atom is -0.311 e. The zero-order valence-electron chi connectivity index (χ0n) is 31.9. The van der Waals surface area contributed by atoms with E-state index < -0.39 is 0 Å². The van der Waals surface area contributed by atoms with Crippen LogP contribution in [0.2, 0.25) is 0 Å². The molecule has 280 valence electrons. The molecule has 0 amide bonds. The van der Waals surface area contributed by atoms with Gasteiger partial charge in [-0.3, -0.25) is 24.6 Å². The molecule has 0 unspecified atom stereocenters. The Hall–Kier alpha value is -8.31. The van der Waals surface area contributed by atoms with Crippen LogP contribution in [0.5, 0.6) is 0 Å². The van der Waals surface area contributed by atoms with Gasteiger partial charge in [-0.05, 0) is 101 Å². The summed E-state index contributed by atoms with van der Waals surface area (Å²) in [6.07, 6.45) is 9.56. The Morgan fingerprint density at radius 3 is 1.60 bits per heavy atom. The van der Waals surface area contributed by atoms with E-state index in [1.54, 1.807) is 0 Å². The normalized spacial score (nSPS) is 13.8. The number of rotatable bonds is 4. The predicted molar refractivity (Wildman–Crippen MR) is 241 cm³/mol. The monoisotopic (exact) mass is 770 g/mol. The van der Waals surface area contributed by atoms with Gasteiger partial charge >= 0.3 is 0 Å². The summed E-state index contributed by atoms with van der Waals surface area (Å²) in [7, 11) is 0. The molecule has 9 heterocycles.